The van der Waals surface area contributed by atoms with Crippen LogP contribution in [0.25, 0.3) is 0 Å². The Labute approximate surface area is 178 Å². The molecule has 2 aromatic carbocycles. The Hall–Kier alpha value is -2.38. The van der Waals surface area contributed by atoms with Crippen molar-refractivity contribution in [2.45, 2.75) is 25.0 Å². The van der Waals surface area contributed by atoms with E-state index in [0.29, 0.717) is 35.4 Å². The van der Waals surface area contributed by atoms with E-state index < -0.39 is 5.25 Å². The van der Waals surface area contributed by atoms with E-state index in [1.54, 1.807) is 17.0 Å². The van der Waals surface area contributed by atoms with Crippen molar-refractivity contribution < 1.29 is 14.0 Å². The number of hydrogen-bond donors (Lipinski definition) is 1. The SMILES string of the molecule is CCNC(=O)C1CC(=O)N(CCc2ccc(Cl)cc2)C(=Nc2ccc(F)cc2)S1. The maximum atomic E-state index is 13.2. The first-order valence-electron chi connectivity index (χ1n) is 9.29. The minimum atomic E-state index is -0.534. The summed E-state index contributed by atoms with van der Waals surface area (Å²) in [5, 5.41) is 3.32. The minimum absolute atomic E-state index is 0.111. The highest BCUT2D eigenvalue weighted by molar-refractivity contribution is 8.15. The summed E-state index contributed by atoms with van der Waals surface area (Å²) < 4.78 is 13.2. The fourth-order valence-corrected chi connectivity index (χ4v) is 4.14. The molecule has 0 aromatic heterocycles. The molecule has 0 saturated carbocycles. The number of amidine groups is 1. The quantitative estimate of drug-likeness (QED) is 0.743. The van der Waals surface area contributed by atoms with E-state index in [2.05, 4.69) is 10.3 Å². The van der Waals surface area contributed by atoms with Crippen LogP contribution in [0.15, 0.2) is 53.5 Å². The summed E-state index contributed by atoms with van der Waals surface area (Å²) in [4.78, 5) is 31.2. The van der Waals surface area contributed by atoms with Gasteiger partial charge in [0.2, 0.25) is 11.8 Å². The Morgan fingerprint density at radius 1 is 1.24 bits per heavy atom. The summed E-state index contributed by atoms with van der Waals surface area (Å²) in [6, 6.07) is 13.2. The zero-order valence-electron chi connectivity index (χ0n) is 15.9. The molecule has 5 nitrogen and oxygen atoms in total. The van der Waals surface area contributed by atoms with E-state index in [1.165, 1.54) is 23.9 Å². The highest BCUT2D eigenvalue weighted by Crippen LogP contribution is 2.29. The zero-order valence-corrected chi connectivity index (χ0v) is 17.5. The Morgan fingerprint density at radius 3 is 2.59 bits per heavy atom. The van der Waals surface area contributed by atoms with Gasteiger partial charge in [-0.3, -0.25) is 14.5 Å². The van der Waals surface area contributed by atoms with Crippen LogP contribution in [0.5, 0.6) is 0 Å². The number of amides is 2. The smallest absolute Gasteiger partial charge is 0.234 e. The van der Waals surface area contributed by atoms with E-state index >= 15 is 0 Å². The third kappa shape index (κ3) is 5.81. The van der Waals surface area contributed by atoms with Crippen molar-refractivity contribution in [2.75, 3.05) is 13.1 Å². The van der Waals surface area contributed by atoms with Gasteiger partial charge in [0, 0.05) is 24.5 Å². The Balaban J connectivity index is 1.82. The number of benzene rings is 2. The van der Waals surface area contributed by atoms with Crippen LogP contribution in [0.1, 0.15) is 18.9 Å². The molecule has 1 atom stereocenters. The van der Waals surface area contributed by atoms with E-state index in [1.807, 2.05) is 31.2 Å². The number of thioether (sulfide) groups is 1. The van der Waals surface area contributed by atoms with Crippen LogP contribution in [0.3, 0.4) is 0 Å². The molecule has 152 valence electrons. The molecule has 3 rings (SSSR count). The lowest BCUT2D eigenvalue weighted by Crippen LogP contribution is -2.47. The summed E-state index contributed by atoms with van der Waals surface area (Å²) in [5.41, 5.74) is 1.56. The highest BCUT2D eigenvalue weighted by atomic mass is 35.5. The first-order chi connectivity index (χ1) is 14.0. The fraction of sp³-hybridized carbons (Fsp3) is 0.286. The molecule has 1 aliphatic heterocycles. The molecular formula is C21H21ClFN3O2S. The van der Waals surface area contributed by atoms with Crippen LogP contribution >= 0.6 is 23.4 Å². The molecule has 1 aliphatic rings. The Kier molecular flexibility index (Phi) is 7.28. The minimum Gasteiger partial charge on any atom is -0.355 e. The molecule has 29 heavy (non-hydrogen) atoms. The number of nitrogens with zero attached hydrogens (tertiary/aromatic N) is 2. The molecule has 0 aliphatic carbocycles. The molecule has 2 aromatic rings. The third-order valence-electron chi connectivity index (χ3n) is 4.37. The number of carbonyl (C=O) groups excluding carboxylic acids is 2. The van der Waals surface area contributed by atoms with Crippen LogP contribution in [0, 0.1) is 5.82 Å². The zero-order chi connectivity index (χ0) is 20.8. The third-order valence-corrected chi connectivity index (χ3v) is 5.81. The second-order valence-electron chi connectivity index (χ2n) is 6.50. The van der Waals surface area contributed by atoms with Crippen molar-refractivity contribution in [1.82, 2.24) is 10.2 Å². The average Bonchev–Trinajstić information content (AvgIpc) is 2.70. The summed E-state index contributed by atoms with van der Waals surface area (Å²) in [6.45, 7) is 2.75. The first-order valence-corrected chi connectivity index (χ1v) is 10.6. The van der Waals surface area contributed by atoms with Gasteiger partial charge in [0.05, 0.1) is 10.9 Å². The summed E-state index contributed by atoms with van der Waals surface area (Å²) in [6.07, 6.45) is 0.733. The molecule has 8 heteroatoms. The van der Waals surface area contributed by atoms with Gasteiger partial charge in [0.1, 0.15) is 5.82 Å². The van der Waals surface area contributed by atoms with Gasteiger partial charge < -0.3 is 5.32 Å². The molecule has 0 radical (unpaired) electrons. The lowest BCUT2D eigenvalue weighted by atomic mass is 10.1. The van der Waals surface area contributed by atoms with Crippen LogP contribution in [0.4, 0.5) is 10.1 Å². The summed E-state index contributed by atoms with van der Waals surface area (Å²) in [7, 11) is 0. The molecule has 1 N–H and O–H groups in total. The van der Waals surface area contributed by atoms with E-state index in [0.717, 1.165) is 5.56 Å². The van der Waals surface area contributed by atoms with Gasteiger partial charge >= 0.3 is 0 Å². The monoisotopic (exact) mass is 433 g/mol. The fourth-order valence-electron chi connectivity index (χ4n) is 2.87. The maximum Gasteiger partial charge on any atom is 0.234 e. The number of halogens is 2. The van der Waals surface area contributed by atoms with Gasteiger partial charge in [-0.05, 0) is 55.3 Å². The Morgan fingerprint density at radius 2 is 1.93 bits per heavy atom. The van der Waals surface area contributed by atoms with E-state index in [4.69, 9.17) is 11.6 Å². The van der Waals surface area contributed by atoms with Gasteiger partial charge in [0.25, 0.3) is 0 Å². The second kappa shape index (κ2) is 9.89. The summed E-state index contributed by atoms with van der Waals surface area (Å²) >= 11 is 7.18. The van der Waals surface area contributed by atoms with E-state index in [9.17, 15) is 14.0 Å². The lowest BCUT2D eigenvalue weighted by molar-refractivity contribution is -0.130. The van der Waals surface area contributed by atoms with Gasteiger partial charge in [-0.15, -0.1) is 0 Å². The van der Waals surface area contributed by atoms with Crippen LogP contribution < -0.4 is 5.32 Å². The number of rotatable bonds is 6. The van der Waals surface area contributed by atoms with Crippen molar-refractivity contribution in [3.8, 4) is 0 Å². The lowest BCUT2D eigenvalue weighted by Gasteiger charge is -2.31. The summed E-state index contributed by atoms with van der Waals surface area (Å²) in [5.74, 6) is -0.703. The van der Waals surface area contributed by atoms with Crippen LogP contribution in [-0.4, -0.2) is 40.2 Å². The van der Waals surface area contributed by atoms with Gasteiger partial charge in [-0.1, -0.05) is 35.5 Å². The molecule has 2 amide bonds. The standard InChI is InChI=1S/C21H21ClFN3O2S/c1-2-24-20(28)18-13-19(27)26(12-11-14-3-5-15(22)6-4-14)21(29-18)25-17-9-7-16(23)8-10-17/h3-10,18H,2,11-13H2,1H3,(H,24,28). The predicted molar refractivity (Wildman–Crippen MR) is 115 cm³/mol. The van der Waals surface area contributed by atoms with Crippen LogP contribution in [0.2, 0.25) is 5.02 Å². The molecule has 0 spiro atoms. The maximum absolute atomic E-state index is 13.2. The van der Waals surface area contributed by atoms with Crippen molar-refractivity contribution in [1.29, 1.82) is 0 Å². The number of nitrogens with one attached hydrogen (secondary N) is 1. The predicted octanol–water partition coefficient (Wildman–Crippen LogP) is 4.18. The number of carbonyl (C=O) groups is 2. The van der Waals surface area contributed by atoms with Crippen molar-refractivity contribution in [3.63, 3.8) is 0 Å². The number of hydrogen-bond acceptors (Lipinski definition) is 4. The second-order valence-corrected chi connectivity index (χ2v) is 8.10. The van der Waals surface area contributed by atoms with Crippen LogP contribution in [-0.2, 0) is 16.0 Å². The molecule has 1 saturated heterocycles. The number of aliphatic imine (C=N–C) groups is 1. The van der Waals surface area contributed by atoms with Crippen molar-refractivity contribution in [3.05, 3.63) is 64.9 Å². The molecule has 1 heterocycles. The van der Waals surface area contributed by atoms with Gasteiger partial charge in [0.15, 0.2) is 5.17 Å². The van der Waals surface area contributed by atoms with Crippen molar-refractivity contribution in [2.24, 2.45) is 4.99 Å². The topological polar surface area (TPSA) is 61.8 Å². The first kappa shape index (κ1) is 21.3. The molecular weight excluding hydrogens is 413 g/mol. The van der Waals surface area contributed by atoms with E-state index in [-0.39, 0.29) is 24.1 Å². The molecule has 1 fully saturated rings. The largest absolute Gasteiger partial charge is 0.355 e. The Bertz CT molecular complexity index is 903. The van der Waals surface area contributed by atoms with Gasteiger partial charge in [-0.25, -0.2) is 9.38 Å². The molecule has 1 unspecified atom stereocenters. The molecule has 0 bridgehead atoms. The van der Waals surface area contributed by atoms with Crippen molar-refractivity contribution >= 4 is 46.0 Å². The highest BCUT2D eigenvalue weighted by Gasteiger charge is 2.35. The normalized spacial score (nSPS) is 18.2. The van der Waals surface area contributed by atoms with Gasteiger partial charge in [-0.2, -0.15) is 0 Å². The average molecular weight is 434 g/mol.